The van der Waals surface area contributed by atoms with Crippen LogP contribution in [-0.2, 0) is 9.53 Å². The molecule has 1 aromatic carbocycles. The van der Waals surface area contributed by atoms with Crippen molar-refractivity contribution in [2.45, 2.75) is 52.0 Å². The third-order valence-electron chi connectivity index (χ3n) is 6.40. The molecular formula is C23H36ClN3O2. The van der Waals surface area contributed by atoms with Gasteiger partial charge in [-0.15, -0.1) is 0 Å². The molecule has 1 aromatic rings. The summed E-state index contributed by atoms with van der Waals surface area (Å²) in [6.07, 6.45) is 5.92. The molecule has 1 saturated carbocycles. The molecule has 3 rings (SSSR count). The molecule has 1 saturated heterocycles. The van der Waals surface area contributed by atoms with Crippen molar-refractivity contribution in [3.05, 3.63) is 28.8 Å². The van der Waals surface area contributed by atoms with Crippen molar-refractivity contribution < 1.29 is 9.53 Å². The zero-order chi connectivity index (χ0) is 20.6. The Morgan fingerprint density at radius 1 is 1.17 bits per heavy atom. The molecular weight excluding hydrogens is 386 g/mol. The maximum atomic E-state index is 11.8. The SMILES string of the molecule is CCOCC(=O)N[C@H]1CC[C@H](CCN2CCN(c3ccc(C)c(Cl)c3)CC2)CC1. The van der Waals surface area contributed by atoms with Gasteiger partial charge in [0.05, 0.1) is 0 Å². The number of hydrogen-bond acceptors (Lipinski definition) is 4. The van der Waals surface area contributed by atoms with E-state index in [1.165, 1.54) is 31.5 Å². The lowest BCUT2D eigenvalue weighted by molar-refractivity contribution is -0.126. The largest absolute Gasteiger partial charge is 0.372 e. The molecule has 162 valence electrons. The highest BCUT2D eigenvalue weighted by Gasteiger charge is 2.24. The van der Waals surface area contributed by atoms with Crippen molar-refractivity contribution in [2.24, 2.45) is 5.92 Å². The fourth-order valence-corrected chi connectivity index (χ4v) is 4.61. The molecule has 2 aliphatic rings. The monoisotopic (exact) mass is 421 g/mol. The first-order chi connectivity index (χ1) is 14.0. The summed E-state index contributed by atoms with van der Waals surface area (Å²) in [5.41, 5.74) is 2.38. The van der Waals surface area contributed by atoms with Crippen molar-refractivity contribution in [3.63, 3.8) is 0 Å². The van der Waals surface area contributed by atoms with Crippen LogP contribution in [0.15, 0.2) is 18.2 Å². The third-order valence-corrected chi connectivity index (χ3v) is 6.80. The molecule has 5 nitrogen and oxygen atoms in total. The second-order valence-electron chi connectivity index (χ2n) is 8.47. The number of nitrogens with zero attached hydrogens (tertiary/aromatic N) is 2. The van der Waals surface area contributed by atoms with Crippen molar-refractivity contribution in [1.82, 2.24) is 10.2 Å². The number of carbonyl (C=O) groups is 1. The smallest absolute Gasteiger partial charge is 0.246 e. The van der Waals surface area contributed by atoms with Gasteiger partial charge < -0.3 is 15.0 Å². The summed E-state index contributed by atoms with van der Waals surface area (Å²) < 4.78 is 5.18. The van der Waals surface area contributed by atoms with Crippen LogP contribution in [-0.4, -0.2) is 62.8 Å². The van der Waals surface area contributed by atoms with E-state index in [1.54, 1.807) is 0 Å². The molecule has 0 spiro atoms. The van der Waals surface area contributed by atoms with Crippen LogP contribution >= 0.6 is 11.6 Å². The summed E-state index contributed by atoms with van der Waals surface area (Å²) in [6.45, 7) is 10.3. The predicted molar refractivity (Wildman–Crippen MR) is 120 cm³/mol. The number of benzene rings is 1. The lowest BCUT2D eigenvalue weighted by Gasteiger charge is -2.37. The Balaban J connectivity index is 1.32. The van der Waals surface area contributed by atoms with Crippen LogP contribution in [0.5, 0.6) is 0 Å². The van der Waals surface area contributed by atoms with Crippen LogP contribution in [0, 0.1) is 12.8 Å². The van der Waals surface area contributed by atoms with E-state index in [1.807, 2.05) is 13.8 Å². The predicted octanol–water partition coefficient (Wildman–Crippen LogP) is 3.87. The molecule has 1 aliphatic carbocycles. The molecule has 0 unspecified atom stereocenters. The molecule has 1 aliphatic heterocycles. The third kappa shape index (κ3) is 6.87. The molecule has 0 radical (unpaired) electrons. The number of aryl methyl sites for hydroxylation is 1. The summed E-state index contributed by atoms with van der Waals surface area (Å²) in [5, 5.41) is 3.97. The zero-order valence-corrected chi connectivity index (χ0v) is 18.7. The van der Waals surface area contributed by atoms with Gasteiger partial charge in [0.15, 0.2) is 0 Å². The highest BCUT2D eigenvalue weighted by Crippen LogP contribution is 2.28. The Morgan fingerprint density at radius 2 is 1.90 bits per heavy atom. The first kappa shape index (κ1) is 22.4. The van der Waals surface area contributed by atoms with E-state index in [2.05, 4.69) is 33.3 Å². The minimum absolute atomic E-state index is 0.0306. The highest BCUT2D eigenvalue weighted by atomic mass is 35.5. The van der Waals surface area contributed by atoms with Gasteiger partial charge in [0, 0.05) is 49.5 Å². The summed E-state index contributed by atoms with van der Waals surface area (Å²) in [4.78, 5) is 16.8. The van der Waals surface area contributed by atoms with E-state index in [9.17, 15) is 4.79 Å². The molecule has 6 heteroatoms. The normalized spacial score (nSPS) is 23.2. The number of ether oxygens (including phenoxy) is 1. The van der Waals surface area contributed by atoms with Gasteiger partial charge in [0.25, 0.3) is 0 Å². The van der Waals surface area contributed by atoms with Crippen LogP contribution in [0.4, 0.5) is 5.69 Å². The number of rotatable bonds is 8. The van der Waals surface area contributed by atoms with Crippen molar-refractivity contribution in [1.29, 1.82) is 0 Å². The molecule has 1 heterocycles. The number of hydrogen-bond donors (Lipinski definition) is 1. The fraction of sp³-hybridized carbons (Fsp3) is 0.696. The fourth-order valence-electron chi connectivity index (χ4n) is 4.43. The average molecular weight is 422 g/mol. The van der Waals surface area contributed by atoms with Crippen molar-refractivity contribution in [3.8, 4) is 0 Å². The van der Waals surface area contributed by atoms with E-state index < -0.39 is 0 Å². The van der Waals surface area contributed by atoms with Gasteiger partial charge in [-0.2, -0.15) is 0 Å². The van der Waals surface area contributed by atoms with E-state index in [-0.39, 0.29) is 12.5 Å². The lowest BCUT2D eigenvalue weighted by atomic mass is 9.84. The van der Waals surface area contributed by atoms with Gasteiger partial charge in [0.1, 0.15) is 6.61 Å². The van der Waals surface area contributed by atoms with Crippen LogP contribution in [0.3, 0.4) is 0 Å². The molecule has 2 fully saturated rings. The Hall–Kier alpha value is -1.30. The first-order valence-electron chi connectivity index (χ1n) is 11.2. The summed E-state index contributed by atoms with van der Waals surface area (Å²) in [6, 6.07) is 6.73. The highest BCUT2D eigenvalue weighted by molar-refractivity contribution is 6.31. The molecule has 1 amide bonds. The lowest BCUT2D eigenvalue weighted by Crippen LogP contribution is -2.47. The maximum Gasteiger partial charge on any atom is 0.246 e. The quantitative estimate of drug-likeness (QED) is 0.692. The minimum atomic E-state index is 0.0306. The van der Waals surface area contributed by atoms with Crippen molar-refractivity contribution >= 4 is 23.2 Å². The molecule has 0 bridgehead atoms. The van der Waals surface area contributed by atoms with Crippen LogP contribution in [0.2, 0.25) is 5.02 Å². The van der Waals surface area contributed by atoms with Crippen LogP contribution in [0.25, 0.3) is 0 Å². The molecule has 29 heavy (non-hydrogen) atoms. The summed E-state index contributed by atoms with van der Waals surface area (Å²) >= 11 is 6.29. The van der Waals surface area contributed by atoms with Crippen LogP contribution in [0.1, 0.15) is 44.6 Å². The number of carbonyl (C=O) groups excluding carboxylic acids is 1. The van der Waals surface area contributed by atoms with Gasteiger partial charge in [-0.05, 0) is 76.1 Å². The Bertz CT molecular complexity index is 654. The summed E-state index contributed by atoms with van der Waals surface area (Å²) in [7, 11) is 0. The minimum Gasteiger partial charge on any atom is -0.372 e. The molecule has 0 aromatic heterocycles. The zero-order valence-electron chi connectivity index (χ0n) is 18.0. The number of piperazine rings is 1. The molecule has 1 N–H and O–H groups in total. The van der Waals surface area contributed by atoms with Gasteiger partial charge in [-0.3, -0.25) is 9.69 Å². The first-order valence-corrected chi connectivity index (χ1v) is 11.5. The number of halogens is 1. The number of amides is 1. The standard InChI is InChI=1S/C23H36ClN3O2/c1-3-29-17-23(28)25-20-7-5-19(6-8-20)10-11-26-12-14-27(15-13-26)21-9-4-18(2)22(24)16-21/h4,9,16,19-20H,3,5-8,10-15,17H2,1-2H3,(H,25,28)/t19-,20-. The number of anilines is 1. The Morgan fingerprint density at radius 3 is 2.55 bits per heavy atom. The number of nitrogens with one attached hydrogen (secondary N) is 1. The van der Waals surface area contributed by atoms with Gasteiger partial charge in [0.2, 0.25) is 5.91 Å². The van der Waals surface area contributed by atoms with E-state index in [4.69, 9.17) is 16.3 Å². The van der Waals surface area contributed by atoms with E-state index in [0.29, 0.717) is 12.6 Å². The van der Waals surface area contributed by atoms with E-state index in [0.717, 1.165) is 55.5 Å². The summed E-state index contributed by atoms with van der Waals surface area (Å²) in [5.74, 6) is 0.826. The second-order valence-corrected chi connectivity index (χ2v) is 8.88. The van der Waals surface area contributed by atoms with E-state index >= 15 is 0 Å². The maximum absolute atomic E-state index is 11.8. The average Bonchev–Trinajstić information content (AvgIpc) is 2.74. The van der Waals surface area contributed by atoms with Gasteiger partial charge in [-0.1, -0.05) is 17.7 Å². The second kappa shape index (κ2) is 11.2. The molecule has 0 atom stereocenters. The van der Waals surface area contributed by atoms with Gasteiger partial charge in [-0.25, -0.2) is 0 Å². The Kier molecular flexibility index (Phi) is 8.64. The topological polar surface area (TPSA) is 44.8 Å². The Labute approximate surface area is 180 Å². The van der Waals surface area contributed by atoms with Crippen LogP contribution < -0.4 is 10.2 Å². The van der Waals surface area contributed by atoms with Gasteiger partial charge >= 0.3 is 0 Å². The van der Waals surface area contributed by atoms with Crippen molar-refractivity contribution in [2.75, 3.05) is 50.8 Å².